The first-order chi connectivity index (χ1) is 8.83. The fourth-order valence-corrected chi connectivity index (χ4v) is 2.40. The smallest absolute Gasteiger partial charge is 0.379 e. The second kappa shape index (κ2) is 6.73. The first-order valence-corrected chi connectivity index (χ1v) is 6.97. The van der Waals surface area contributed by atoms with Crippen molar-refractivity contribution in [3.63, 3.8) is 0 Å². The van der Waals surface area contributed by atoms with Crippen LogP contribution in [0.5, 0.6) is 0 Å². The van der Waals surface area contributed by atoms with Crippen molar-refractivity contribution in [3.05, 3.63) is 16.4 Å². The molecule has 0 radical (unpaired) electrons. The molecule has 0 saturated carbocycles. The first-order valence-electron chi connectivity index (χ1n) is 6.97. The third-order valence-corrected chi connectivity index (χ3v) is 3.46. The molecular formula is C13H22N2O3. The highest BCUT2D eigenvalue weighted by Crippen LogP contribution is 2.21. The largest absolute Gasteiger partial charge is 0.441 e. The molecule has 5 heteroatoms. The second-order valence-electron chi connectivity index (χ2n) is 4.92. The summed E-state index contributed by atoms with van der Waals surface area (Å²) < 4.78 is 12.1. The lowest BCUT2D eigenvalue weighted by molar-refractivity contribution is 0.0920. The lowest BCUT2D eigenvalue weighted by atomic mass is 10.0. The molecule has 0 amide bonds. The molecule has 0 N–H and O–H groups in total. The number of aromatic nitrogens is 2. The van der Waals surface area contributed by atoms with Gasteiger partial charge in [-0.15, -0.1) is 0 Å². The standard InChI is InChI=1S/C13H22N2O3/c1-2-3-9-17-10-11-7-5-4-6-8-12-14-18-13(16)15(11)12/h11H,2-10H2,1H3. The SMILES string of the molecule is CCCCOCC1CCCCCc2noc(=O)n21. The lowest BCUT2D eigenvalue weighted by Gasteiger charge is -2.20. The number of hydrogen-bond donors (Lipinski definition) is 0. The van der Waals surface area contributed by atoms with Crippen LogP contribution in [0.3, 0.4) is 0 Å². The molecule has 18 heavy (non-hydrogen) atoms. The predicted octanol–water partition coefficient (Wildman–Crippen LogP) is 2.31. The number of fused-ring (bicyclic) bond motifs is 1. The van der Waals surface area contributed by atoms with E-state index >= 15 is 0 Å². The van der Waals surface area contributed by atoms with Crippen molar-refractivity contribution in [2.75, 3.05) is 13.2 Å². The molecule has 1 aliphatic rings. The zero-order valence-corrected chi connectivity index (χ0v) is 11.1. The molecule has 0 spiro atoms. The highest BCUT2D eigenvalue weighted by atomic mass is 16.5. The van der Waals surface area contributed by atoms with Crippen molar-refractivity contribution in [1.82, 2.24) is 9.72 Å². The van der Waals surface area contributed by atoms with Gasteiger partial charge in [-0.2, -0.15) is 0 Å². The van der Waals surface area contributed by atoms with Crippen LogP contribution in [0.2, 0.25) is 0 Å². The Balaban J connectivity index is 2.04. The summed E-state index contributed by atoms with van der Waals surface area (Å²) in [7, 11) is 0. The number of hydrogen-bond acceptors (Lipinski definition) is 4. The van der Waals surface area contributed by atoms with Gasteiger partial charge in [0.25, 0.3) is 0 Å². The van der Waals surface area contributed by atoms with E-state index < -0.39 is 0 Å². The number of nitrogens with zero attached hydrogens (tertiary/aromatic N) is 2. The lowest BCUT2D eigenvalue weighted by Crippen LogP contribution is -2.27. The minimum atomic E-state index is -0.337. The molecule has 0 aliphatic carbocycles. The van der Waals surface area contributed by atoms with Gasteiger partial charge in [-0.3, -0.25) is 9.09 Å². The normalized spacial score (nSPS) is 20.2. The van der Waals surface area contributed by atoms with Crippen LogP contribution in [0, 0.1) is 0 Å². The molecule has 1 aromatic rings. The van der Waals surface area contributed by atoms with E-state index in [-0.39, 0.29) is 11.8 Å². The number of rotatable bonds is 5. The maximum atomic E-state index is 11.7. The zero-order valence-electron chi connectivity index (χ0n) is 11.1. The van der Waals surface area contributed by atoms with Crippen LogP contribution in [0.4, 0.5) is 0 Å². The maximum Gasteiger partial charge on any atom is 0.441 e. The quantitative estimate of drug-likeness (QED) is 0.757. The van der Waals surface area contributed by atoms with E-state index in [4.69, 9.17) is 9.26 Å². The number of unbranched alkanes of at least 4 members (excludes halogenated alkanes) is 1. The molecule has 1 atom stereocenters. The molecule has 2 heterocycles. The average Bonchev–Trinajstić information content (AvgIpc) is 2.69. The highest BCUT2D eigenvalue weighted by molar-refractivity contribution is 4.90. The summed E-state index contributed by atoms with van der Waals surface area (Å²) in [5.41, 5.74) is 0. The Morgan fingerprint density at radius 2 is 2.33 bits per heavy atom. The van der Waals surface area contributed by atoms with Crippen molar-refractivity contribution < 1.29 is 9.26 Å². The van der Waals surface area contributed by atoms with Crippen molar-refractivity contribution in [3.8, 4) is 0 Å². The summed E-state index contributed by atoms with van der Waals surface area (Å²) in [6.07, 6.45) is 7.40. The van der Waals surface area contributed by atoms with E-state index in [1.54, 1.807) is 4.57 Å². The van der Waals surface area contributed by atoms with E-state index in [1.807, 2.05) is 0 Å². The predicted molar refractivity (Wildman–Crippen MR) is 67.7 cm³/mol. The van der Waals surface area contributed by atoms with Crippen LogP contribution in [0.25, 0.3) is 0 Å². The van der Waals surface area contributed by atoms with Gasteiger partial charge in [-0.1, -0.05) is 31.3 Å². The van der Waals surface area contributed by atoms with E-state index in [1.165, 1.54) is 6.42 Å². The van der Waals surface area contributed by atoms with Gasteiger partial charge < -0.3 is 4.74 Å². The first kappa shape index (κ1) is 13.3. The summed E-state index contributed by atoms with van der Waals surface area (Å²) in [4.78, 5) is 11.7. The molecular weight excluding hydrogens is 232 g/mol. The van der Waals surface area contributed by atoms with E-state index in [2.05, 4.69) is 12.1 Å². The van der Waals surface area contributed by atoms with Crippen LogP contribution < -0.4 is 5.76 Å². The van der Waals surface area contributed by atoms with Gasteiger partial charge in [0, 0.05) is 13.0 Å². The fourth-order valence-electron chi connectivity index (χ4n) is 2.40. The second-order valence-corrected chi connectivity index (χ2v) is 4.92. The summed E-state index contributed by atoms with van der Waals surface area (Å²) in [6.45, 7) is 3.50. The highest BCUT2D eigenvalue weighted by Gasteiger charge is 2.21. The van der Waals surface area contributed by atoms with Crippen LogP contribution in [0.1, 0.15) is 57.3 Å². The third-order valence-electron chi connectivity index (χ3n) is 3.46. The van der Waals surface area contributed by atoms with Gasteiger partial charge in [-0.05, 0) is 19.3 Å². The molecule has 1 aromatic heterocycles. The topological polar surface area (TPSA) is 57.3 Å². The number of aryl methyl sites for hydroxylation is 1. The molecule has 0 aromatic carbocycles. The molecule has 1 aliphatic heterocycles. The Morgan fingerprint density at radius 1 is 1.44 bits per heavy atom. The summed E-state index contributed by atoms with van der Waals surface area (Å²) >= 11 is 0. The van der Waals surface area contributed by atoms with Crippen LogP contribution in [-0.2, 0) is 11.2 Å². The van der Waals surface area contributed by atoms with Gasteiger partial charge in [-0.25, -0.2) is 4.79 Å². The Kier molecular flexibility index (Phi) is 4.99. The summed E-state index contributed by atoms with van der Waals surface area (Å²) in [5, 5.41) is 3.87. The molecule has 2 rings (SSSR count). The monoisotopic (exact) mass is 254 g/mol. The molecule has 5 nitrogen and oxygen atoms in total. The molecule has 102 valence electrons. The average molecular weight is 254 g/mol. The Hall–Kier alpha value is -1.10. The summed E-state index contributed by atoms with van der Waals surface area (Å²) in [6, 6.07) is 0.0934. The van der Waals surface area contributed by atoms with Crippen molar-refractivity contribution in [2.24, 2.45) is 0 Å². The van der Waals surface area contributed by atoms with E-state index in [9.17, 15) is 4.79 Å². The van der Waals surface area contributed by atoms with Crippen LogP contribution in [0.15, 0.2) is 9.32 Å². The molecule has 0 bridgehead atoms. The van der Waals surface area contributed by atoms with Crippen molar-refractivity contribution >= 4 is 0 Å². The third kappa shape index (κ3) is 3.22. The fraction of sp³-hybridized carbons (Fsp3) is 0.846. The zero-order chi connectivity index (χ0) is 12.8. The van der Waals surface area contributed by atoms with Crippen LogP contribution in [-0.4, -0.2) is 22.9 Å². The van der Waals surface area contributed by atoms with Gasteiger partial charge >= 0.3 is 5.76 Å². The van der Waals surface area contributed by atoms with Crippen LogP contribution >= 0.6 is 0 Å². The minimum absolute atomic E-state index is 0.0934. The van der Waals surface area contributed by atoms with E-state index in [0.717, 1.165) is 51.0 Å². The Bertz CT molecular complexity index is 411. The Labute approximate surface area is 107 Å². The number of ether oxygens (including phenoxy) is 1. The molecule has 0 saturated heterocycles. The summed E-state index contributed by atoms with van der Waals surface area (Å²) in [5.74, 6) is 0.444. The van der Waals surface area contributed by atoms with Gasteiger partial charge in [0.2, 0.25) is 0 Å². The minimum Gasteiger partial charge on any atom is -0.379 e. The van der Waals surface area contributed by atoms with Crippen molar-refractivity contribution in [2.45, 2.75) is 57.9 Å². The van der Waals surface area contributed by atoms with Gasteiger partial charge in [0.05, 0.1) is 12.6 Å². The van der Waals surface area contributed by atoms with E-state index in [0.29, 0.717) is 6.61 Å². The molecule has 1 unspecified atom stereocenters. The molecule has 0 fully saturated rings. The Morgan fingerprint density at radius 3 is 3.17 bits per heavy atom. The van der Waals surface area contributed by atoms with Crippen molar-refractivity contribution in [1.29, 1.82) is 0 Å². The van der Waals surface area contributed by atoms with Gasteiger partial charge in [0.1, 0.15) is 0 Å². The maximum absolute atomic E-state index is 11.7. The van der Waals surface area contributed by atoms with Gasteiger partial charge in [0.15, 0.2) is 5.82 Å².